The van der Waals surface area contributed by atoms with Crippen LogP contribution in [0.1, 0.15) is 36.8 Å². The van der Waals surface area contributed by atoms with E-state index in [9.17, 15) is 14.4 Å². The molecule has 0 aliphatic heterocycles. The summed E-state index contributed by atoms with van der Waals surface area (Å²) in [4.78, 5) is 37.4. The van der Waals surface area contributed by atoms with E-state index < -0.39 is 11.9 Å². The zero-order valence-corrected chi connectivity index (χ0v) is 17.8. The van der Waals surface area contributed by atoms with Crippen molar-refractivity contribution in [1.29, 1.82) is 0 Å². The second kappa shape index (κ2) is 10.6. The summed E-state index contributed by atoms with van der Waals surface area (Å²) in [6.45, 7) is 0. The summed E-state index contributed by atoms with van der Waals surface area (Å²) in [6.07, 6.45) is 2.73. The van der Waals surface area contributed by atoms with Gasteiger partial charge in [0.1, 0.15) is 5.75 Å². The van der Waals surface area contributed by atoms with E-state index in [4.69, 9.17) is 9.15 Å². The van der Waals surface area contributed by atoms with Crippen molar-refractivity contribution >= 4 is 29.7 Å². The van der Waals surface area contributed by atoms with Gasteiger partial charge in [-0.05, 0) is 48.5 Å². The number of benzene rings is 3. The summed E-state index contributed by atoms with van der Waals surface area (Å²) in [6, 6.07) is 25.1. The van der Waals surface area contributed by atoms with E-state index in [1.54, 1.807) is 78.9 Å². The molecule has 0 aliphatic carbocycles. The SMILES string of the molecule is O=C(Nc1ccccc1C(=O)N/N=C\c1ccccc1OC(=O)c1ccco1)c1ccccc1. The molecular weight excluding hydrogens is 434 g/mol. The van der Waals surface area contributed by atoms with Crippen LogP contribution in [0, 0.1) is 0 Å². The minimum atomic E-state index is -0.655. The van der Waals surface area contributed by atoms with Crippen molar-refractivity contribution in [2.24, 2.45) is 5.10 Å². The minimum Gasteiger partial charge on any atom is -0.457 e. The summed E-state index contributed by atoms with van der Waals surface area (Å²) < 4.78 is 10.4. The molecule has 2 amide bonds. The van der Waals surface area contributed by atoms with Gasteiger partial charge in [-0.2, -0.15) is 5.10 Å². The Hall–Kier alpha value is -4.98. The van der Waals surface area contributed by atoms with Gasteiger partial charge < -0.3 is 14.5 Å². The number of ether oxygens (including phenoxy) is 1. The summed E-state index contributed by atoms with van der Waals surface area (Å²) in [5, 5.41) is 6.72. The second-order valence-electron chi connectivity index (χ2n) is 6.97. The molecule has 4 rings (SSSR count). The van der Waals surface area contributed by atoms with Gasteiger partial charge >= 0.3 is 5.97 Å². The lowest BCUT2D eigenvalue weighted by atomic mass is 10.1. The molecule has 1 heterocycles. The lowest BCUT2D eigenvalue weighted by Crippen LogP contribution is -2.21. The molecule has 8 heteroatoms. The standard InChI is InChI=1S/C26H19N3O5/c30-24(18-9-2-1-3-10-18)28-21-13-6-5-12-20(21)25(31)29-27-17-19-11-4-7-14-22(19)34-26(32)23-15-8-16-33-23/h1-17H,(H,28,30)(H,29,31)/b27-17-. The Balaban J connectivity index is 1.44. The number of hydrazone groups is 1. The molecule has 0 radical (unpaired) electrons. The highest BCUT2D eigenvalue weighted by molar-refractivity contribution is 6.09. The number of furan rings is 1. The van der Waals surface area contributed by atoms with E-state index in [2.05, 4.69) is 15.8 Å². The van der Waals surface area contributed by atoms with Crippen LogP contribution < -0.4 is 15.5 Å². The van der Waals surface area contributed by atoms with Crippen LogP contribution in [0.4, 0.5) is 5.69 Å². The molecule has 2 N–H and O–H groups in total. The lowest BCUT2D eigenvalue weighted by Gasteiger charge is -2.10. The fraction of sp³-hybridized carbons (Fsp3) is 0. The number of esters is 1. The Kier molecular flexibility index (Phi) is 6.90. The number of anilines is 1. The topological polar surface area (TPSA) is 110 Å². The molecule has 1 aromatic heterocycles. The van der Waals surface area contributed by atoms with Gasteiger partial charge in [0.05, 0.1) is 23.7 Å². The summed E-state index contributed by atoms with van der Waals surface area (Å²) >= 11 is 0. The van der Waals surface area contributed by atoms with E-state index in [-0.39, 0.29) is 23.0 Å². The van der Waals surface area contributed by atoms with Crippen LogP contribution in [-0.2, 0) is 0 Å². The average Bonchev–Trinajstić information content (AvgIpc) is 3.41. The predicted molar refractivity (Wildman–Crippen MR) is 126 cm³/mol. The molecule has 3 aromatic carbocycles. The highest BCUT2D eigenvalue weighted by atomic mass is 16.5. The number of amides is 2. The first-order chi connectivity index (χ1) is 16.6. The van der Waals surface area contributed by atoms with Gasteiger partial charge in [0.2, 0.25) is 5.76 Å². The van der Waals surface area contributed by atoms with Crippen LogP contribution in [0.2, 0.25) is 0 Å². The maximum atomic E-state index is 12.7. The second-order valence-corrected chi connectivity index (χ2v) is 6.97. The third kappa shape index (κ3) is 5.43. The number of carbonyl (C=O) groups excluding carboxylic acids is 3. The van der Waals surface area contributed by atoms with Crippen molar-refractivity contribution in [3.63, 3.8) is 0 Å². The van der Waals surface area contributed by atoms with Crippen molar-refractivity contribution in [3.8, 4) is 5.75 Å². The first-order valence-corrected chi connectivity index (χ1v) is 10.3. The number of hydrogen-bond donors (Lipinski definition) is 2. The minimum absolute atomic E-state index is 0.0641. The van der Waals surface area contributed by atoms with Crippen molar-refractivity contribution in [1.82, 2.24) is 5.43 Å². The van der Waals surface area contributed by atoms with Crippen molar-refractivity contribution in [2.45, 2.75) is 0 Å². The van der Waals surface area contributed by atoms with Gasteiger partial charge in [-0.25, -0.2) is 10.2 Å². The third-order valence-corrected chi connectivity index (χ3v) is 4.67. The van der Waals surface area contributed by atoms with E-state index in [0.29, 0.717) is 16.8 Å². The largest absolute Gasteiger partial charge is 0.457 e. The summed E-state index contributed by atoms with van der Waals surface area (Å²) in [5.74, 6) is -1.20. The van der Waals surface area contributed by atoms with Crippen LogP contribution >= 0.6 is 0 Å². The van der Waals surface area contributed by atoms with E-state index in [1.165, 1.54) is 18.5 Å². The fourth-order valence-corrected chi connectivity index (χ4v) is 3.02. The molecule has 8 nitrogen and oxygen atoms in total. The number of carbonyl (C=O) groups is 3. The normalized spacial score (nSPS) is 10.6. The number of rotatable bonds is 7. The van der Waals surface area contributed by atoms with Crippen molar-refractivity contribution in [2.75, 3.05) is 5.32 Å². The first-order valence-electron chi connectivity index (χ1n) is 10.3. The molecular formula is C26H19N3O5. The Morgan fingerprint density at radius 3 is 2.32 bits per heavy atom. The summed E-state index contributed by atoms with van der Waals surface area (Å²) in [5.41, 5.74) is 3.95. The molecule has 0 fully saturated rings. The number of nitrogens with zero attached hydrogens (tertiary/aromatic N) is 1. The Labute approximate surface area is 194 Å². The molecule has 0 atom stereocenters. The molecule has 0 bridgehead atoms. The molecule has 4 aromatic rings. The molecule has 168 valence electrons. The Morgan fingerprint density at radius 1 is 0.794 bits per heavy atom. The van der Waals surface area contributed by atoms with E-state index in [0.717, 1.165) is 0 Å². The van der Waals surface area contributed by atoms with Gasteiger partial charge in [0.15, 0.2) is 0 Å². The Morgan fingerprint density at radius 2 is 1.53 bits per heavy atom. The zero-order chi connectivity index (χ0) is 23.8. The van der Waals surface area contributed by atoms with Crippen molar-refractivity contribution < 1.29 is 23.5 Å². The molecule has 0 spiro atoms. The van der Waals surface area contributed by atoms with Gasteiger partial charge in [-0.1, -0.05) is 42.5 Å². The van der Waals surface area contributed by atoms with Gasteiger partial charge in [-0.15, -0.1) is 0 Å². The number of para-hydroxylation sites is 2. The average molecular weight is 453 g/mol. The first kappa shape index (κ1) is 22.2. The molecule has 0 aliphatic rings. The molecule has 0 unspecified atom stereocenters. The van der Waals surface area contributed by atoms with Crippen LogP contribution in [0.3, 0.4) is 0 Å². The summed E-state index contributed by atoms with van der Waals surface area (Å²) in [7, 11) is 0. The van der Waals surface area contributed by atoms with Crippen molar-refractivity contribution in [3.05, 3.63) is 120 Å². The van der Waals surface area contributed by atoms with Crippen LogP contribution in [0.15, 0.2) is 107 Å². The number of nitrogens with one attached hydrogen (secondary N) is 2. The maximum absolute atomic E-state index is 12.7. The van der Waals surface area contributed by atoms with E-state index >= 15 is 0 Å². The molecule has 0 saturated heterocycles. The van der Waals surface area contributed by atoms with Gasteiger partial charge in [0.25, 0.3) is 11.8 Å². The van der Waals surface area contributed by atoms with Crippen LogP contribution in [0.5, 0.6) is 5.75 Å². The van der Waals surface area contributed by atoms with E-state index in [1.807, 2.05) is 6.07 Å². The molecule has 0 saturated carbocycles. The van der Waals surface area contributed by atoms with Gasteiger partial charge in [-0.3, -0.25) is 9.59 Å². The monoisotopic (exact) mass is 453 g/mol. The predicted octanol–water partition coefficient (Wildman–Crippen LogP) is 4.52. The smallest absolute Gasteiger partial charge is 0.379 e. The highest BCUT2D eigenvalue weighted by Gasteiger charge is 2.15. The Bertz CT molecular complexity index is 1330. The zero-order valence-electron chi connectivity index (χ0n) is 17.8. The molecule has 34 heavy (non-hydrogen) atoms. The quantitative estimate of drug-likeness (QED) is 0.185. The van der Waals surface area contributed by atoms with Gasteiger partial charge in [0, 0.05) is 11.1 Å². The van der Waals surface area contributed by atoms with Crippen LogP contribution in [-0.4, -0.2) is 24.0 Å². The van der Waals surface area contributed by atoms with Crippen LogP contribution in [0.25, 0.3) is 0 Å². The fourth-order valence-electron chi connectivity index (χ4n) is 3.02. The number of hydrogen-bond acceptors (Lipinski definition) is 6. The highest BCUT2D eigenvalue weighted by Crippen LogP contribution is 2.19. The third-order valence-electron chi connectivity index (χ3n) is 4.67. The maximum Gasteiger partial charge on any atom is 0.379 e. The lowest BCUT2D eigenvalue weighted by molar-refractivity contribution is 0.0700.